The van der Waals surface area contributed by atoms with Crippen LogP contribution in [0.5, 0.6) is 0 Å². The van der Waals surface area contributed by atoms with Crippen LogP contribution in [0.4, 0.5) is 11.4 Å². The Balaban J connectivity index is 2.08. The predicted octanol–water partition coefficient (Wildman–Crippen LogP) is 1.79. The summed E-state index contributed by atoms with van der Waals surface area (Å²) in [4.78, 5) is 13.5. The second kappa shape index (κ2) is 4.86. The van der Waals surface area contributed by atoms with Crippen LogP contribution in [0.1, 0.15) is 11.5 Å². The van der Waals surface area contributed by atoms with Crippen molar-refractivity contribution in [1.29, 1.82) is 0 Å². The molecule has 17 heavy (non-hydrogen) atoms. The van der Waals surface area contributed by atoms with Crippen LogP contribution in [0, 0.1) is 6.92 Å². The molecular weight excluding hydrogens is 214 g/mol. The van der Waals surface area contributed by atoms with Gasteiger partial charge in [-0.1, -0.05) is 0 Å². The summed E-state index contributed by atoms with van der Waals surface area (Å²) in [5.74, 6) is 0.931. The number of rotatable bonds is 4. The lowest BCUT2D eigenvalue weighted by Gasteiger charge is -2.17. The zero-order valence-electron chi connectivity index (χ0n) is 10.4. The van der Waals surface area contributed by atoms with Crippen molar-refractivity contribution < 1.29 is 0 Å². The van der Waals surface area contributed by atoms with E-state index in [0.29, 0.717) is 6.54 Å². The van der Waals surface area contributed by atoms with Crippen molar-refractivity contribution in [3.05, 3.63) is 36.2 Å². The largest absolute Gasteiger partial charge is 0.376 e. The minimum absolute atomic E-state index is 0.716. The van der Waals surface area contributed by atoms with Gasteiger partial charge in [0.2, 0.25) is 0 Å². The topological polar surface area (TPSA) is 56.8 Å². The number of nitrogens with zero attached hydrogens (tertiary/aromatic N) is 3. The van der Waals surface area contributed by atoms with Crippen LogP contribution >= 0.6 is 0 Å². The van der Waals surface area contributed by atoms with Gasteiger partial charge in [-0.3, -0.25) is 4.98 Å². The number of aryl methyl sites for hydroxylation is 1. The van der Waals surface area contributed by atoms with E-state index in [-0.39, 0.29) is 0 Å². The molecule has 5 heteroatoms. The minimum Gasteiger partial charge on any atom is -0.376 e. The third kappa shape index (κ3) is 2.75. The van der Waals surface area contributed by atoms with Crippen molar-refractivity contribution in [2.24, 2.45) is 0 Å². The number of hydrogen-bond donors (Lipinski definition) is 2. The van der Waals surface area contributed by atoms with Gasteiger partial charge in [0.25, 0.3) is 0 Å². The van der Waals surface area contributed by atoms with E-state index in [0.717, 1.165) is 22.9 Å². The Labute approximate surface area is 101 Å². The standard InChI is InChI=1S/C12H17N5/c1-9-14-6-10(16-9)7-15-11-8-13-5-4-12(11)17(2)3/h4-6,8,15H,7H2,1-3H3,(H,14,16). The summed E-state index contributed by atoms with van der Waals surface area (Å²) < 4.78 is 0. The Hall–Kier alpha value is -2.04. The monoisotopic (exact) mass is 231 g/mol. The summed E-state index contributed by atoms with van der Waals surface area (Å²) in [6, 6.07) is 1.99. The molecule has 0 radical (unpaired) electrons. The van der Waals surface area contributed by atoms with E-state index in [4.69, 9.17) is 0 Å². The molecule has 0 saturated heterocycles. The molecule has 0 amide bonds. The predicted molar refractivity (Wildman–Crippen MR) is 69.2 cm³/mol. The minimum atomic E-state index is 0.716. The van der Waals surface area contributed by atoms with E-state index in [1.165, 1.54) is 0 Å². The second-order valence-corrected chi connectivity index (χ2v) is 4.13. The van der Waals surface area contributed by atoms with E-state index >= 15 is 0 Å². The average molecular weight is 231 g/mol. The fourth-order valence-electron chi connectivity index (χ4n) is 1.67. The van der Waals surface area contributed by atoms with Gasteiger partial charge in [-0.05, 0) is 13.0 Å². The van der Waals surface area contributed by atoms with Crippen molar-refractivity contribution in [2.75, 3.05) is 24.3 Å². The quantitative estimate of drug-likeness (QED) is 0.842. The van der Waals surface area contributed by atoms with Crippen molar-refractivity contribution in [2.45, 2.75) is 13.5 Å². The van der Waals surface area contributed by atoms with Gasteiger partial charge in [-0.25, -0.2) is 4.98 Å². The molecule has 5 nitrogen and oxygen atoms in total. The first kappa shape index (κ1) is 11.4. The first-order chi connectivity index (χ1) is 8.16. The zero-order chi connectivity index (χ0) is 12.3. The van der Waals surface area contributed by atoms with Crippen LogP contribution in [0.25, 0.3) is 0 Å². The van der Waals surface area contributed by atoms with Crippen LogP contribution < -0.4 is 10.2 Å². The van der Waals surface area contributed by atoms with E-state index in [2.05, 4.69) is 25.2 Å². The molecular formula is C12H17N5. The maximum atomic E-state index is 4.16. The van der Waals surface area contributed by atoms with Crippen LogP contribution in [0.3, 0.4) is 0 Å². The Kier molecular flexibility index (Phi) is 3.27. The van der Waals surface area contributed by atoms with Crippen molar-refractivity contribution in [3.8, 4) is 0 Å². The molecule has 0 bridgehead atoms. The van der Waals surface area contributed by atoms with Crippen LogP contribution in [-0.2, 0) is 6.54 Å². The Morgan fingerprint density at radius 2 is 2.18 bits per heavy atom. The van der Waals surface area contributed by atoms with Crippen LogP contribution in [-0.4, -0.2) is 29.0 Å². The fraction of sp³-hybridized carbons (Fsp3) is 0.333. The molecule has 2 aromatic rings. The number of pyridine rings is 1. The number of aromatic nitrogens is 3. The smallest absolute Gasteiger partial charge is 0.103 e. The molecule has 90 valence electrons. The fourth-order valence-corrected chi connectivity index (χ4v) is 1.67. The molecule has 0 saturated carbocycles. The molecule has 2 rings (SSSR count). The maximum absolute atomic E-state index is 4.16. The summed E-state index contributed by atoms with van der Waals surface area (Å²) in [5.41, 5.74) is 3.21. The van der Waals surface area contributed by atoms with Crippen LogP contribution in [0.2, 0.25) is 0 Å². The second-order valence-electron chi connectivity index (χ2n) is 4.13. The third-order valence-corrected chi connectivity index (χ3v) is 2.50. The third-order valence-electron chi connectivity index (χ3n) is 2.50. The summed E-state index contributed by atoms with van der Waals surface area (Å²) >= 11 is 0. The van der Waals surface area contributed by atoms with Gasteiger partial charge in [0, 0.05) is 20.3 Å². The summed E-state index contributed by atoms with van der Waals surface area (Å²) in [5, 5.41) is 3.35. The van der Waals surface area contributed by atoms with E-state index in [9.17, 15) is 0 Å². The van der Waals surface area contributed by atoms with E-state index in [1.807, 2.05) is 39.5 Å². The Morgan fingerprint density at radius 1 is 1.35 bits per heavy atom. The number of H-pyrrole nitrogens is 1. The Morgan fingerprint density at radius 3 is 2.82 bits per heavy atom. The number of nitrogens with one attached hydrogen (secondary N) is 2. The molecule has 0 aliphatic rings. The molecule has 0 fully saturated rings. The molecule has 2 aromatic heterocycles. The lowest BCUT2D eigenvalue weighted by molar-refractivity contribution is 1.03. The lowest BCUT2D eigenvalue weighted by Crippen LogP contribution is -2.12. The SMILES string of the molecule is Cc1ncc(CNc2cnccc2N(C)C)[nH]1. The summed E-state index contributed by atoms with van der Waals surface area (Å²) in [6.07, 6.45) is 5.47. The molecule has 2 heterocycles. The number of hydrogen-bond acceptors (Lipinski definition) is 4. The molecule has 0 aromatic carbocycles. The number of aromatic amines is 1. The summed E-state index contributed by atoms with van der Waals surface area (Å²) in [6.45, 7) is 2.66. The van der Waals surface area contributed by atoms with E-state index < -0.39 is 0 Å². The molecule has 0 spiro atoms. The summed E-state index contributed by atoms with van der Waals surface area (Å²) in [7, 11) is 4.03. The molecule has 0 aliphatic carbocycles. The highest BCUT2D eigenvalue weighted by molar-refractivity contribution is 5.67. The zero-order valence-corrected chi connectivity index (χ0v) is 10.4. The van der Waals surface area contributed by atoms with Gasteiger partial charge < -0.3 is 15.2 Å². The van der Waals surface area contributed by atoms with Crippen molar-refractivity contribution in [3.63, 3.8) is 0 Å². The average Bonchev–Trinajstić information content (AvgIpc) is 2.73. The highest BCUT2D eigenvalue weighted by Gasteiger charge is 2.04. The first-order valence-electron chi connectivity index (χ1n) is 5.52. The highest BCUT2D eigenvalue weighted by atomic mass is 15.1. The van der Waals surface area contributed by atoms with Gasteiger partial charge in [0.05, 0.1) is 36.0 Å². The molecule has 0 aliphatic heterocycles. The van der Waals surface area contributed by atoms with E-state index in [1.54, 1.807) is 6.20 Å². The van der Waals surface area contributed by atoms with Gasteiger partial charge in [0.15, 0.2) is 0 Å². The van der Waals surface area contributed by atoms with Gasteiger partial charge in [0.1, 0.15) is 5.82 Å². The Bertz CT molecular complexity index is 489. The first-order valence-corrected chi connectivity index (χ1v) is 5.52. The maximum Gasteiger partial charge on any atom is 0.103 e. The molecule has 2 N–H and O–H groups in total. The van der Waals surface area contributed by atoms with Crippen molar-refractivity contribution >= 4 is 11.4 Å². The van der Waals surface area contributed by atoms with Gasteiger partial charge in [-0.15, -0.1) is 0 Å². The van der Waals surface area contributed by atoms with Crippen LogP contribution in [0.15, 0.2) is 24.7 Å². The number of anilines is 2. The normalized spacial score (nSPS) is 10.3. The van der Waals surface area contributed by atoms with Gasteiger partial charge >= 0.3 is 0 Å². The van der Waals surface area contributed by atoms with Crippen molar-refractivity contribution in [1.82, 2.24) is 15.0 Å². The highest BCUT2D eigenvalue weighted by Crippen LogP contribution is 2.22. The molecule has 0 unspecified atom stereocenters. The lowest BCUT2D eigenvalue weighted by atomic mass is 10.3. The number of imidazole rings is 1. The van der Waals surface area contributed by atoms with Gasteiger partial charge in [-0.2, -0.15) is 0 Å². The molecule has 0 atom stereocenters.